The Morgan fingerprint density at radius 2 is 1.17 bits per heavy atom. The zero-order chi connectivity index (χ0) is 16.8. The molecule has 2 aromatic heterocycles. The summed E-state index contributed by atoms with van der Waals surface area (Å²) in [5, 5.41) is 20.2. The number of aromatic hydroxyl groups is 2. The van der Waals surface area contributed by atoms with Crippen LogP contribution in [0, 0.1) is 0 Å². The Morgan fingerprint density at radius 3 is 1.58 bits per heavy atom. The third-order valence-electron chi connectivity index (χ3n) is 3.76. The summed E-state index contributed by atoms with van der Waals surface area (Å²) in [4.78, 5) is 24.8. The third kappa shape index (κ3) is 2.58. The van der Waals surface area contributed by atoms with Crippen molar-refractivity contribution in [2.75, 3.05) is 0 Å². The van der Waals surface area contributed by atoms with Crippen molar-refractivity contribution in [3.8, 4) is 11.5 Å². The molecule has 8 heteroatoms. The van der Waals surface area contributed by atoms with Gasteiger partial charge in [0.15, 0.2) is 0 Å². The molecular weight excluding hydrogens is 442 g/mol. The van der Waals surface area contributed by atoms with Crippen LogP contribution in [0.3, 0.4) is 0 Å². The van der Waals surface area contributed by atoms with E-state index in [4.69, 9.17) is 0 Å². The monoisotopic (exact) mass is 456 g/mol. The number of nitrogens with zero attached hydrogens (tertiary/aromatic N) is 2. The molecule has 6 nitrogen and oxygen atoms in total. The van der Waals surface area contributed by atoms with Crippen LogP contribution in [0.25, 0.3) is 19.3 Å². The van der Waals surface area contributed by atoms with E-state index in [0.717, 1.165) is 8.52 Å². The zero-order valence-electron chi connectivity index (χ0n) is 12.3. The Kier molecular flexibility index (Phi) is 3.77. The van der Waals surface area contributed by atoms with Crippen LogP contribution >= 0.6 is 0 Å². The Labute approximate surface area is 147 Å². The van der Waals surface area contributed by atoms with Crippen molar-refractivity contribution >= 4 is 48.8 Å². The molecule has 2 N–H and O–H groups in total. The topological polar surface area (TPSA) is 84.5 Å². The Balaban J connectivity index is 1.68. The van der Waals surface area contributed by atoms with Crippen molar-refractivity contribution in [1.29, 1.82) is 0 Å². The molecule has 0 radical (unpaired) electrons. The van der Waals surface area contributed by atoms with E-state index in [1.165, 1.54) is 12.1 Å². The molecule has 0 saturated carbocycles. The number of aryl methyl sites for hydroxylation is 2. The van der Waals surface area contributed by atoms with Gasteiger partial charge in [-0.2, -0.15) is 0 Å². The first-order chi connectivity index (χ1) is 11.5. The zero-order valence-corrected chi connectivity index (χ0v) is 15.7. The summed E-state index contributed by atoms with van der Waals surface area (Å²) in [6.07, 6.45) is 0. The Hall–Kier alpha value is -1.98. The maximum atomic E-state index is 12.4. The van der Waals surface area contributed by atoms with Crippen molar-refractivity contribution in [2.24, 2.45) is 0 Å². The molecule has 0 amide bonds. The minimum absolute atomic E-state index is 0.0878. The molecule has 0 aliphatic heterocycles. The Morgan fingerprint density at radius 1 is 0.750 bits per heavy atom. The normalized spacial score (nSPS) is 11.5. The number of fused-ring (bicyclic) bond motifs is 2. The van der Waals surface area contributed by atoms with Crippen LogP contribution in [0.4, 0.5) is 0 Å². The van der Waals surface area contributed by atoms with Crippen LogP contribution < -0.4 is 11.1 Å². The number of phenols is 2. The molecule has 4 rings (SSSR count). The molecule has 0 fully saturated rings. The van der Waals surface area contributed by atoms with Gasteiger partial charge in [-0.15, -0.1) is 0 Å². The number of benzene rings is 2. The van der Waals surface area contributed by atoms with E-state index in [0.29, 0.717) is 23.9 Å². The van der Waals surface area contributed by atoms with Crippen LogP contribution in [0.15, 0.2) is 46.0 Å². The minimum atomic E-state index is -0.124. The maximum absolute atomic E-state index is 12.4. The Bertz CT molecular complexity index is 1090. The molecule has 4 aromatic rings. The van der Waals surface area contributed by atoms with Crippen LogP contribution in [0.2, 0.25) is 0 Å². The van der Waals surface area contributed by atoms with Crippen LogP contribution in [0.1, 0.15) is 0 Å². The second kappa shape index (κ2) is 5.83. The quantitative estimate of drug-likeness (QED) is 0.443. The van der Waals surface area contributed by atoms with Gasteiger partial charge in [0, 0.05) is 0 Å². The van der Waals surface area contributed by atoms with Gasteiger partial charge in [0.1, 0.15) is 0 Å². The van der Waals surface area contributed by atoms with Crippen molar-refractivity contribution < 1.29 is 10.2 Å². The number of hydrogen-bond acceptors (Lipinski definition) is 4. The fraction of sp³-hybridized carbons (Fsp3) is 0.125. The molecule has 0 saturated heterocycles. The van der Waals surface area contributed by atoms with Gasteiger partial charge in [-0.25, -0.2) is 0 Å². The van der Waals surface area contributed by atoms with E-state index >= 15 is 0 Å². The van der Waals surface area contributed by atoms with Crippen LogP contribution in [-0.4, -0.2) is 46.8 Å². The van der Waals surface area contributed by atoms with Crippen LogP contribution in [-0.2, 0) is 13.1 Å². The second-order valence-corrected chi connectivity index (χ2v) is 9.82. The summed E-state index contributed by atoms with van der Waals surface area (Å²) in [5.74, 6) is 0.182. The summed E-state index contributed by atoms with van der Waals surface area (Å²) in [6.45, 7) is 0.948. The molecule has 0 atom stereocenters. The molecule has 0 spiro atoms. The molecular formula is C16H12N2O4Se2. The van der Waals surface area contributed by atoms with Gasteiger partial charge in [-0.05, 0) is 0 Å². The van der Waals surface area contributed by atoms with E-state index in [9.17, 15) is 19.8 Å². The molecule has 2 heterocycles. The number of phenolic OH excluding ortho intramolecular Hbond substituents is 2. The first-order valence-electron chi connectivity index (χ1n) is 7.18. The van der Waals surface area contributed by atoms with Gasteiger partial charge in [0.25, 0.3) is 0 Å². The number of hydrogen-bond donors (Lipinski definition) is 2. The van der Waals surface area contributed by atoms with Crippen molar-refractivity contribution in [3.63, 3.8) is 0 Å². The van der Waals surface area contributed by atoms with Gasteiger partial charge < -0.3 is 0 Å². The fourth-order valence-electron chi connectivity index (χ4n) is 2.59. The van der Waals surface area contributed by atoms with E-state index in [-0.39, 0.29) is 52.1 Å². The summed E-state index contributed by atoms with van der Waals surface area (Å²) < 4.78 is 5.41. The summed E-state index contributed by atoms with van der Waals surface area (Å²) >= 11 is -0.248. The summed E-state index contributed by atoms with van der Waals surface area (Å²) in [5.41, 5.74) is -0.176. The van der Waals surface area contributed by atoms with Crippen molar-refractivity contribution in [1.82, 2.24) is 7.12 Å². The fourth-order valence-corrected chi connectivity index (χ4v) is 6.64. The molecule has 0 unspecified atom stereocenters. The second-order valence-electron chi connectivity index (χ2n) is 5.36. The molecule has 0 aliphatic rings. The van der Waals surface area contributed by atoms with Gasteiger partial charge in [0.2, 0.25) is 0 Å². The van der Waals surface area contributed by atoms with Gasteiger partial charge >= 0.3 is 148 Å². The molecule has 0 aliphatic carbocycles. The van der Waals surface area contributed by atoms with Gasteiger partial charge in [0.05, 0.1) is 0 Å². The van der Waals surface area contributed by atoms with Crippen LogP contribution in [0.5, 0.6) is 11.5 Å². The first-order valence-corrected chi connectivity index (χ1v) is 10.4. The van der Waals surface area contributed by atoms with Crippen molar-refractivity contribution in [2.45, 2.75) is 13.1 Å². The van der Waals surface area contributed by atoms with E-state index in [1.54, 1.807) is 31.4 Å². The van der Waals surface area contributed by atoms with Crippen molar-refractivity contribution in [3.05, 3.63) is 57.1 Å². The van der Waals surface area contributed by atoms with Gasteiger partial charge in [-0.3, -0.25) is 0 Å². The predicted molar refractivity (Wildman–Crippen MR) is 93.6 cm³/mol. The van der Waals surface area contributed by atoms with E-state index < -0.39 is 0 Å². The summed E-state index contributed by atoms with van der Waals surface area (Å²) in [7, 11) is 0. The average molecular weight is 454 g/mol. The molecule has 24 heavy (non-hydrogen) atoms. The summed E-state index contributed by atoms with van der Waals surface area (Å²) in [6, 6.07) is 9.76. The predicted octanol–water partition coefficient (Wildman–Crippen LogP) is 0.542. The van der Waals surface area contributed by atoms with Gasteiger partial charge in [-0.1, -0.05) is 0 Å². The third-order valence-corrected chi connectivity index (χ3v) is 8.47. The standard InChI is InChI=1S/C16H12N2O4Se2/c19-9-1-3-13-11(7-9)15(21)17(23-13)5-6-18-16(22)12-8-10(20)2-4-14(12)24-18/h1-4,7-8,19-20H,5-6H2. The number of rotatable bonds is 3. The molecule has 0 bridgehead atoms. The van der Waals surface area contributed by atoms with E-state index in [2.05, 4.69) is 0 Å². The average Bonchev–Trinajstić information content (AvgIpc) is 3.04. The SMILES string of the molecule is O=c1c2cc(O)ccc2[se]n1CCn1[se]c2ccc(O)cc2c1=O. The molecule has 2 aromatic carbocycles. The molecule has 122 valence electrons. The first kappa shape index (κ1) is 15.5. The number of aromatic nitrogens is 2. The van der Waals surface area contributed by atoms with E-state index in [1.807, 2.05) is 0 Å².